The molecule has 0 saturated heterocycles. The van der Waals surface area contributed by atoms with Gasteiger partial charge in [-0.25, -0.2) is 8.42 Å². The highest BCUT2D eigenvalue weighted by molar-refractivity contribution is 7.89. The van der Waals surface area contributed by atoms with E-state index in [1.807, 2.05) is 34.6 Å². The molecule has 0 aliphatic carbocycles. The Morgan fingerprint density at radius 3 is 2.17 bits per heavy atom. The van der Waals surface area contributed by atoms with Crippen LogP contribution in [0, 0.1) is 0 Å². The van der Waals surface area contributed by atoms with Crippen LogP contribution in [0.25, 0.3) is 0 Å². The molecule has 1 aromatic heterocycles. The molecule has 6 heteroatoms. The van der Waals surface area contributed by atoms with E-state index in [9.17, 15) is 8.42 Å². The molecule has 0 spiro atoms. The lowest BCUT2D eigenvalue weighted by atomic mass is 9.92. The Morgan fingerprint density at radius 2 is 1.78 bits per heavy atom. The molecule has 0 radical (unpaired) electrons. The fraction of sp³-hybridized carbons (Fsp3) is 0.750. The summed E-state index contributed by atoms with van der Waals surface area (Å²) in [6, 6.07) is 0. The van der Waals surface area contributed by atoms with Crippen molar-refractivity contribution in [3.63, 3.8) is 0 Å². The Labute approximate surface area is 110 Å². The number of aryl methyl sites for hydroxylation is 1. The minimum absolute atomic E-state index is 0.295. The number of rotatable bonds is 4. The monoisotopic (exact) mass is 273 g/mol. The van der Waals surface area contributed by atoms with Crippen LogP contribution >= 0.6 is 0 Å². The molecule has 18 heavy (non-hydrogen) atoms. The predicted molar refractivity (Wildman–Crippen MR) is 72.0 cm³/mol. The molecule has 0 fully saturated rings. The lowest BCUT2D eigenvalue weighted by Crippen LogP contribution is -2.32. The average Bonchev–Trinajstić information content (AvgIpc) is 2.62. The van der Waals surface area contributed by atoms with Gasteiger partial charge in [-0.3, -0.25) is 4.68 Å². The quantitative estimate of drug-likeness (QED) is 0.840. The topological polar surface area (TPSA) is 55.2 Å². The van der Waals surface area contributed by atoms with Crippen molar-refractivity contribution in [1.82, 2.24) is 14.1 Å². The van der Waals surface area contributed by atoms with Gasteiger partial charge in [-0.15, -0.1) is 0 Å². The fourth-order valence-corrected chi connectivity index (χ4v) is 3.71. The lowest BCUT2D eigenvalue weighted by molar-refractivity contribution is 0.441. The Bertz CT molecular complexity index is 508. The molecule has 1 rings (SSSR count). The third kappa shape index (κ3) is 2.75. The van der Waals surface area contributed by atoms with E-state index in [2.05, 4.69) is 5.10 Å². The summed E-state index contributed by atoms with van der Waals surface area (Å²) in [5.41, 5.74) is 0.327. The third-order valence-electron chi connectivity index (χ3n) is 2.83. The zero-order valence-electron chi connectivity index (χ0n) is 12.1. The first-order valence-electron chi connectivity index (χ1n) is 6.18. The summed E-state index contributed by atoms with van der Waals surface area (Å²) in [5, 5.41) is 4.31. The summed E-state index contributed by atoms with van der Waals surface area (Å²) in [5.74, 6) is 0. The highest BCUT2D eigenvalue weighted by Gasteiger charge is 2.32. The van der Waals surface area contributed by atoms with Crippen LogP contribution in [-0.4, -0.2) is 35.6 Å². The molecule has 0 aromatic carbocycles. The lowest BCUT2D eigenvalue weighted by Gasteiger charge is -2.22. The van der Waals surface area contributed by atoms with Crippen LogP contribution in [0.3, 0.4) is 0 Å². The van der Waals surface area contributed by atoms with Gasteiger partial charge in [0.25, 0.3) is 0 Å². The van der Waals surface area contributed by atoms with Gasteiger partial charge in [0.1, 0.15) is 4.90 Å². The Morgan fingerprint density at radius 1 is 1.28 bits per heavy atom. The van der Waals surface area contributed by atoms with E-state index < -0.39 is 10.0 Å². The van der Waals surface area contributed by atoms with Crippen LogP contribution in [0.15, 0.2) is 11.1 Å². The molecule has 0 bridgehead atoms. The van der Waals surface area contributed by atoms with Gasteiger partial charge in [-0.05, 0) is 0 Å². The third-order valence-corrected chi connectivity index (χ3v) is 4.88. The van der Waals surface area contributed by atoms with Gasteiger partial charge < -0.3 is 0 Å². The summed E-state index contributed by atoms with van der Waals surface area (Å²) >= 11 is 0. The molecule has 0 aliphatic rings. The van der Waals surface area contributed by atoms with Crippen LogP contribution in [-0.2, 0) is 22.5 Å². The van der Waals surface area contributed by atoms with Crippen molar-refractivity contribution >= 4 is 10.0 Å². The average molecular weight is 273 g/mol. The van der Waals surface area contributed by atoms with E-state index >= 15 is 0 Å². The summed E-state index contributed by atoms with van der Waals surface area (Å²) in [6.07, 6.45) is 1.59. The maximum atomic E-state index is 12.5. The van der Waals surface area contributed by atoms with Crippen molar-refractivity contribution in [1.29, 1.82) is 0 Å². The van der Waals surface area contributed by atoms with E-state index in [4.69, 9.17) is 0 Å². The number of hydrogen-bond donors (Lipinski definition) is 0. The Hall–Kier alpha value is -0.880. The number of sulfonamides is 1. The molecule has 0 aliphatic heterocycles. The molecule has 1 heterocycles. The zero-order chi connectivity index (χ0) is 14.1. The minimum atomic E-state index is -3.44. The molecule has 1 aromatic rings. The molecule has 104 valence electrons. The van der Waals surface area contributed by atoms with E-state index in [-0.39, 0.29) is 5.41 Å². The highest BCUT2D eigenvalue weighted by Crippen LogP contribution is 2.29. The summed E-state index contributed by atoms with van der Waals surface area (Å²) < 4.78 is 28.1. The van der Waals surface area contributed by atoms with Gasteiger partial charge in [0.15, 0.2) is 0 Å². The maximum absolute atomic E-state index is 12.5. The van der Waals surface area contributed by atoms with Gasteiger partial charge in [0.05, 0.1) is 5.69 Å². The molecule has 0 amide bonds. The van der Waals surface area contributed by atoms with Gasteiger partial charge in [-0.1, -0.05) is 34.6 Å². The zero-order valence-corrected chi connectivity index (χ0v) is 12.9. The fourth-order valence-electron chi connectivity index (χ4n) is 1.88. The predicted octanol–water partition coefficient (Wildman–Crippen LogP) is 1.75. The van der Waals surface area contributed by atoms with Crippen LogP contribution in [0.1, 0.15) is 40.3 Å². The first-order valence-corrected chi connectivity index (χ1v) is 7.62. The van der Waals surface area contributed by atoms with Crippen LogP contribution in [0.5, 0.6) is 0 Å². The van der Waals surface area contributed by atoms with Crippen molar-refractivity contribution in [2.24, 2.45) is 7.05 Å². The molecule has 0 unspecified atom stereocenters. The largest absolute Gasteiger partial charge is 0.274 e. The van der Waals surface area contributed by atoms with Crippen molar-refractivity contribution in [3.8, 4) is 0 Å². The molecular weight excluding hydrogens is 250 g/mol. The molecule has 0 N–H and O–H groups in total. The molecular formula is C12H23N3O2S. The molecule has 0 atom stereocenters. The van der Waals surface area contributed by atoms with Crippen LogP contribution in [0.4, 0.5) is 0 Å². The summed E-state index contributed by atoms with van der Waals surface area (Å²) in [6.45, 7) is 10.5. The molecule has 5 nitrogen and oxygen atoms in total. The second-order valence-electron chi connectivity index (χ2n) is 5.35. The van der Waals surface area contributed by atoms with Crippen molar-refractivity contribution in [2.45, 2.75) is 44.9 Å². The molecule has 0 saturated carbocycles. The normalized spacial score (nSPS) is 13.3. The number of aromatic nitrogens is 2. The van der Waals surface area contributed by atoms with Crippen LogP contribution in [0.2, 0.25) is 0 Å². The summed E-state index contributed by atoms with van der Waals surface area (Å²) in [4.78, 5) is 0.321. The standard InChI is InChI=1S/C12H23N3O2S/c1-7-15(8-2)18(16,17)10-9-14(6)13-11(10)12(3,4)5/h9H,7-8H2,1-6H3. The van der Waals surface area contributed by atoms with E-state index in [1.165, 1.54) is 4.31 Å². The highest BCUT2D eigenvalue weighted by atomic mass is 32.2. The second kappa shape index (κ2) is 5.01. The second-order valence-corrected chi connectivity index (χ2v) is 7.26. The Balaban J connectivity index is 3.42. The number of hydrogen-bond acceptors (Lipinski definition) is 3. The van der Waals surface area contributed by atoms with Gasteiger partial charge in [-0.2, -0.15) is 9.40 Å². The number of nitrogens with zero attached hydrogens (tertiary/aromatic N) is 3. The first-order chi connectivity index (χ1) is 8.14. The summed E-state index contributed by atoms with van der Waals surface area (Å²) in [7, 11) is -1.70. The Kier molecular flexibility index (Phi) is 4.23. The first kappa shape index (κ1) is 15.2. The van der Waals surface area contributed by atoms with Crippen molar-refractivity contribution in [2.75, 3.05) is 13.1 Å². The van der Waals surface area contributed by atoms with E-state index in [0.717, 1.165) is 0 Å². The van der Waals surface area contributed by atoms with E-state index in [1.54, 1.807) is 17.9 Å². The SMILES string of the molecule is CCN(CC)S(=O)(=O)c1cn(C)nc1C(C)(C)C. The minimum Gasteiger partial charge on any atom is -0.274 e. The van der Waals surface area contributed by atoms with Crippen LogP contribution < -0.4 is 0 Å². The smallest absolute Gasteiger partial charge is 0.246 e. The van der Waals surface area contributed by atoms with Gasteiger partial charge in [0.2, 0.25) is 10.0 Å². The van der Waals surface area contributed by atoms with Gasteiger partial charge in [0, 0.05) is 31.7 Å². The van der Waals surface area contributed by atoms with Gasteiger partial charge >= 0.3 is 0 Å². The van der Waals surface area contributed by atoms with Crippen molar-refractivity contribution in [3.05, 3.63) is 11.9 Å². The van der Waals surface area contributed by atoms with E-state index in [0.29, 0.717) is 23.7 Å². The van der Waals surface area contributed by atoms with Crippen molar-refractivity contribution < 1.29 is 8.42 Å². The maximum Gasteiger partial charge on any atom is 0.246 e.